The maximum absolute atomic E-state index is 10.4. The lowest BCUT2D eigenvalue weighted by molar-refractivity contribution is 0.263. The Morgan fingerprint density at radius 3 is 2.88 bits per heavy atom. The highest BCUT2D eigenvalue weighted by Gasteiger charge is 2.12. The van der Waals surface area contributed by atoms with E-state index in [1.165, 1.54) is 11.8 Å². The fourth-order valence-corrected chi connectivity index (χ4v) is 1.23. The fraction of sp³-hybridized carbons (Fsp3) is 0.400. The zero-order valence-electron chi connectivity index (χ0n) is 4.60. The van der Waals surface area contributed by atoms with E-state index in [0.29, 0.717) is 0 Å². The van der Waals surface area contributed by atoms with Gasteiger partial charge in [0, 0.05) is 11.4 Å². The van der Waals surface area contributed by atoms with Crippen LogP contribution in [0.1, 0.15) is 6.92 Å². The van der Waals surface area contributed by atoms with Crippen LogP contribution in [0.4, 0.5) is 4.79 Å². The van der Waals surface area contributed by atoms with E-state index in [0.717, 1.165) is 11.4 Å². The van der Waals surface area contributed by atoms with E-state index in [1.54, 1.807) is 0 Å². The molecule has 0 bridgehead atoms. The monoisotopic (exact) mass is 129 g/mol. The summed E-state index contributed by atoms with van der Waals surface area (Å²) in [5.74, 6) is 0.815. The Bertz CT molecular complexity index is 141. The molecule has 2 nitrogen and oxygen atoms in total. The van der Waals surface area contributed by atoms with E-state index in [2.05, 4.69) is 5.32 Å². The van der Waals surface area contributed by atoms with Gasteiger partial charge in [0.15, 0.2) is 0 Å². The van der Waals surface area contributed by atoms with Gasteiger partial charge < -0.3 is 5.32 Å². The summed E-state index contributed by atoms with van der Waals surface area (Å²) < 4.78 is 0. The molecule has 44 valence electrons. The Kier molecular flexibility index (Phi) is 1.58. The second-order valence-corrected chi connectivity index (χ2v) is 2.46. The molecule has 0 aromatic carbocycles. The van der Waals surface area contributed by atoms with Crippen molar-refractivity contribution in [1.29, 1.82) is 0 Å². The molecule has 0 aliphatic carbocycles. The molecule has 0 radical (unpaired) electrons. The molecule has 0 atom stereocenters. The largest absolute Gasteiger partial charge is 0.320 e. The number of carbonyl (C=O) groups excluding carboxylic acids is 1. The lowest BCUT2D eigenvalue weighted by Crippen LogP contribution is -2.08. The second kappa shape index (κ2) is 2.22. The highest BCUT2D eigenvalue weighted by Crippen LogP contribution is 2.14. The van der Waals surface area contributed by atoms with Crippen molar-refractivity contribution >= 4 is 17.0 Å². The molecule has 1 rings (SSSR count). The van der Waals surface area contributed by atoms with Crippen LogP contribution >= 0.6 is 11.8 Å². The number of hydrogen-bond donors (Lipinski definition) is 1. The maximum Gasteiger partial charge on any atom is 0.283 e. The Balaban J connectivity index is 2.56. The molecule has 1 aliphatic heterocycles. The first kappa shape index (κ1) is 5.69. The molecule has 0 aromatic heterocycles. The molecular formula is C5H7NOS. The minimum absolute atomic E-state index is 0.0677. The summed E-state index contributed by atoms with van der Waals surface area (Å²) in [7, 11) is 0. The van der Waals surface area contributed by atoms with Crippen molar-refractivity contribution < 1.29 is 4.79 Å². The van der Waals surface area contributed by atoms with Crippen LogP contribution in [0.3, 0.4) is 0 Å². The summed E-state index contributed by atoms with van der Waals surface area (Å²) in [4.78, 5) is 10.4. The maximum atomic E-state index is 10.4. The zero-order chi connectivity index (χ0) is 5.98. The Hall–Kier alpha value is -0.440. The normalized spacial score (nSPS) is 24.1. The number of thioether (sulfide) groups is 1. The van der Waals surface area contributed by atoms with Crippen LogP contribution in [0.5, 0.6) is 0 Å². The van der Waals surface area contributed by atoms with Gasteiger partial charge in [0.05, 0.1) is 0 Å². The van der Waals surface area contributed by atoms with E-state index < -0.39 is 0 Å². The lowest BCUT2D eigenvalue weighted by atomic mass is 10.5. The molecule has 0 unspecified atom stereocenters. The van der Waals surface area contributed by atoms with Crippen molar-refractivity contribution in [2.75, 3.05) is 5.75 Å². The molecule has 1 N–H and O–H groups in total. The number of nitrogens with one attached hydrogen (secondary N) is 1. The first-order valence-electron chi connectivity index (χ1n) is 2.42. The van der Waals surface area contributed by atoms with Crippen LogP contribution in [0.25, 0.3) is 0 Å². The molecule has 8 heavy (non-hydrogen) atoms. The summed E-state index contributed by atoms with van der Waals surface area (Å²) in [5.41, 5.74) is 1.03. The number of hydrogen-bond acceptors (Lipinski definition) is 2. The number of allylic oxidation sites excluding steroid dienone is 1. The molecule has 0 aromatic rings. The molecular weight excluding hydrogens is 122 g/mol. The average Bonchev–Trinajstić information content (AvgIpc) is 2.14. The van der Waals surface area contributed by atoms with Crippen LogP contribution in [0.15, 0.2) is 11.8 Å². The van der Waals surface area contributed by atoms with Gasteiger partial charge in [-0.3, -0.25) is 4.79 Å². The summed E-state index contributed by atoms with van der Waals surface area (Å²) in [6, 6.07) is 0. The predicted molar refractivity (Wildman–Crippen MR) is 34.7 cm³/mol. The quantitative estimate of drug-likeness (QED) is 0.535. The van der Waals surface area contributed by atoms with Crippen LogP contribution in [0.2, 0.25) is 0 Å². The molecule has 3 heteroatoms. The Morgan fingerprint density at radius 2 is 2.62 bits per heavy atom. The van der Waals surface area contributed by atoms with Gasteiger partial charge in [-0.05, 0) is 6.92 Å². The van der Waals surface area contributed by atoms with Gasteiger partial charge in [-0.2, -0.15) is 0 Å². The standard InChI is InChI=1S/C5H7NOS/c1-2-4-3-8-5(7)6-4/h2H,3H2,1H3,(H,6,7)/b4-2+. The highest BCUT2D eigenvalue weighted by atomic mass is 32.2. The van der Waals surface area contributed by atoms with E-state index in [1.807, 2.05) is 13.0 Å². The van der Waals surface area contributed by atoms with Gasteiger partial charge in [0.1, 0.15) is 0 Å². The summed E-state index contributed by atoms with van der Waals surface area (Å²) in [6.45, 7) is 1.92. The van der Waals surface area contributed by atoms with Gasteiger partial charge in [-0.1, -0.05) is 17.8 Å². The number of carbonyl (C=O) groups is 1. The fourth-order valence-electron chi connectivity index (χ4n) is 0.502. The Morgan fingerprint density at radius 1 is 1.88 bits per heavy atom. The van der Waals surface area contributed by atoms with E-state index in [9.17, 15) is 4.79 Å². The lowest BCUT2D eigenvalue weighted by Gasteiger charge is -1.88. The SMILES string of the molecule is C/C=C1\CSC(=O)N1. The third kappa shape index (κ3) is 1.04. The summed E-state index contributed by atoms with van der Waals surface area (Å²) in [5, 5.41) is 2.76. The average molecular weight is 129 g/mol. The topological polar surface area (TPSA) is 29.1 Å². The minimum Gasteiger partial charge on any atom is -0.320 e. The second-order valence-electron chi connectivity index (χ2n) is 1.52. The van der Waals surface area contributed by atoms with Crippen LogP contribution in [0, 0.1) is 0 Å². The smallest absolute Gasteiger partial charge is 0.283 e. The van der Waals surface area contributed by atoms with E-state index in [4.69, 9.17) is 0 Å². The predicted octanol–water partition coefficient (Wildman–Crippen LogP) is 1.35. The minimum atomic E-state index is 0.0677. The van der Waals surface area contributed by atoms with Crippen LogP contribution < -0.4 is 5.32 Å². The van der Waals surface area contributed by atoms with Crippen molar-refractivity contribution in [2.24, 2.45) is 0 Å². The van der Waals surface area contributed by atoms with Crippen molar-refractivity contribution in [3.63, 3.8) is 0 Å². The molecule has 1 fully saturated rings. The molecule has 1 amide bonds. The van der Waals surface area contributed by atoms with Gasteiger partial charge >= 0.3 is 0 Å². The molecule has 1 aliphatic rings. The van der Waals surface area contributed by atoms with Crippen molar-refractivity contribution in [1.82, 2.24) is 5.32 Å². The molecule has 1 saturated heterocycles. The third-order valence-corrected chi connectivity index (χ3v) is 1.79. The summed E-state index contributed by atoms with van der Waals surface area (Å²) in [6.07, 6.45) is 1.91. The molecule has 0 saturated carbocycles. The van der Waals surface area contributed by atoms with Crippen molar-refractivity contribution in [3.8, 4) is 0 Å². The van der Waals surface area contributed by atoms with Crippen molar-refractivity contribution in [2.45, 2.75) is 6.92 Å². The number of amides is 1. The zero-order valence-corrected chi connectivity index (χ0v) is 5.42. The third-order valence-electron chi connectivity index (χ3n) is 0.970. The summed E-state index contributed by atoms with van der Waals surface area (Å²) >= 11 is 1.31. The highest BCUT2D eigenvalue weighted by molar-refractivity contribution is 8.14. The first-order valence-corrected chi connectivity index (χ1v) is 3.40. The molecule has 1 heterocycles. The van der Waals surface area contributed by atoms with Crippen LogP contribution in [-0.2, 0) is 0 Å². The van der Waals surface area contributed by atoms with Gasteiger partial charge in [0.25, 0.3) is 5.24 Å². The van der Waals surface area contributed by atoms with Gasteiger partial charge in [-0.25, -0.2) is 0 Å². The van der Waals surface area contributed by atoms with E-state index in [-0.39, 0.29) is 5.24 Å². The van der Waals surface area contributed by atoms with Crippen LogP contribution in [-0.4, -0.2) is 11.0 Å². The van der Waals surface area contributed by atoms with Gasteiger partial charge in [0.2, 0.25) is 0 Å². The first-order chi connectivity index (χ1) is 3.83. The number of rotatable bonds is 0. The molecule has 0 spiro atoms. The Labute approximate surface area is 52.3 Å². The van der Waals surface area contributed by atoms with Gasteiger partial charge in [-0.15, -0.1) is 0 Å². The van der Waals surface area contributed by atoms with E-state index >= 15 is 0 Å². The van der Waals surface area contributed by atoms with Crippen molar-refractivity contribution in [3.05, 3.63) is 11.8 Å².